The Labute approximate surface area is 207 Å². The third-order valence-electron chi connectivity index (χ3n) is 6.48. The molecule has 2 aromatic carbocycles. The number of halogens is 2. The minimum Gasteiger partial charge on any atom is -0.489 e. The zero-order chi connectivity index (χ0) is 25.3. The number of nitrogens with zero attached hydrogens (tertiary/aromatic N) is 1. The topological polar surface area (TPSA) is 101 Å². The van der Waals surface area contributed by atoms with Crippen molar-refractivity contribution < 1.29 is 24.1 Å². The van der Waals surface area contributed by atoms with Crippen LogP contribution in [0.4, 0.5) is 4.39 Å². The zero-order valence-electron chi connectivity index (χ0n) is 19.6. The number of nitrogens with one attached hydrogen (secondary N) is 1. The highest BCUT2D eigenvalue weighted by Gasteiger charge is 2.25. The molecule has 1 aliphatic heterocycles. The predicted molar refractivity (Wildman–Crippen MR) is 132 cm³/mol. The average molecular weight is 503 g/mol. The van der Waals surface area contributed by atoms with E-state index < -0.39 is 28.8 Å². The van der Waals surface area contributed by atoms with Crippen LogP contribution < -0.4 is 15.5 Å². The number of benzene rings is 2. The number of ether oxygens (including phenoxy) is 1. The van der Waals surface area contributed by atoms with E-state index in [0.29, 0.717) is 28.9 Å². The minimum atomic E-state index is -1.36. The molecule has 0 radical (unpaired) electrons. The summed E-state index contributed by atoms with van der Waals surface area (Å²) < 4.78 is 22.7. The molecule has 2 unspecified atom stereocenters. The molecule has 4 rings (SSSR count). The van der Waals surface area contributed by atoms with Gasteiger partial charge >= 0.3 is 5.97 Å². The Balaban J connectivity index is 1.97. The third-order valence-corrected chi connectivity index (χ3v) is 6.77. The normalized spacial score (nSPS) is 16.7. The number of carbonyl (C=O) groups is 1. The summed E-state index contributed by atoms with van der Waals surface area (Å²) in [7, 11) is 0. The molecule has 2 atom stereocenters. The van der Waals surface area contributed by atoms with Gasteiger partial charge in [-0.25, -0.2) is 9.18 Å². The number of hydrogen-bond donors (Lipinski definition) is 3. The van der Waals surface area contributed by atoms with Gasteiger partial charge in [0.15, 0.2) is 0 Å². The molecular formula is C26H28ClFN2O5. The van der Waals surface area contributed by atoms with Crippen molar-refractivity contribution in [3.8, 4) is 5.75 Å². The van der Waals surface area contributed by atoms with E-state index in [9.17, 15) is 24.2 Å². The molecule has 1 saturated heterocycles. The summed E-state index contributed by atoms with van der Waals surface area (Å²) in [6.07, 6.45) is 2.07. The highest BCUT2D eigenvalue weighted by atomic mass is 35.5. The highest BCUT2D eigenvalue weighted by Crippen LogP contribution is 2.32. The van der Waals surface area contributed by atoms with Gasteiger partial charge in [-0.1, -0.05) is 37.6 Å². The number of carboxylic acid groups (broad SMARTS) is 1. The van der Waals surface area contributed by atoms with E-state index in [1.807, 2.05) is 13.8 Å². The zero-order valence-corrected chi connectivity index (χ0v) is 20.3. The Bertz CT molecular complexity index is 1320. The average Bonchev–Trinajstić information content (AvgIpc) is 3.32. The van der Waals surface area contributed by atoms with Gasteiger partial charge in [0.2, 0.25) is 5.43 Å². The monoisotopic (exact) mass is 502 g/mol. The number of pyridine rings is 1. The van der Waals surface area contributed by atoms with E-state index in [1.165, 1.54) is 12.3 Å². The molecule has 0 bridgehead atoms. The van der Waals surface area contributed by atoms with Crippen LogP contribution in [-0.4, -0.2) is 46.5 Å². The Kier molecular flexibility index (Phi) is 7.44. The van der Waals surface area contributed by atoms with Crippen molar-refractivity contribution in [1.29, 1.82) is 0 Å². The van der Waals surface area contributed by atoms with Crippen LogP contribution in [0.1, 0.15) is 47.8 Å². The van der Waals surface area contributed by atoms with Crippen LogP contribution in [0.15, 0.2) is 41.3 Å². The van der Waals surface area contributed by atoms with E-state index in [-0.39, 0.29) is 35.5 Å². The summed E-state index contributed by atoms with van der Waals surface area (Å²) in [6, 6.07) is 7.53. The molecular weight excluding hydrogens is 475 g/mol. The first-order valence-electron chi connectivity index (χ1n) is 11.6. The molecule has 0 saturated carbocycles. The minimum absolute atomic E-state index is 0.0102. The van der Waals surface area contributed by atoms with Gasteiger partial charge < -0.3 is 24.8 Å². The van der Waals surface area contributed by atoms with Crippen molar-refractivity contribution in [2.45, 2.75) is 38.8 Å². The van der Waals surface area contributed by atoms with Gasteiger partial charge in [0.25, 0.3) is 0 Å². The fraction of sp³-hybridized carbons (Fsp3) is 0.385. The standard InChI is InChI=1S/C26H28ClFN2O5/c1-14(2)22(13-31)30-12-19(26(33)34)25(32)18-9-16(8-15-4-3-5-20(27)24(15)28)23(10-21(18)30)35-17-6-7-29-11-17/h3-5,9-10,12,14,17,22,29,31H,6-8,11,13H2,1-2H3,(H,33,34). The van der Waals surface area contributed by atoms with Crippen LogP contribution in [-0.2, 0) is 6.42 Å². The molecule has 7 nitrogen and oxygen atoms in total. The summed E-state index contributed by atoms with van der Waals surface area (Å²) in [6.45, 7) is 5.03. The lowest BCUT2D eigenvalue weighted by atomic mass is 9.98. The largest absolute Gasteiger partial charge is 0.489 e. The first kappa shape index (κ1) is 25.2. The van der Waals surface area contributed by atoms with Gasteiger partial charge in [0.1, 0.15) is 23.2 Å². The fourth-order valence-corrected chi connectivity index (χ4v) is 4.71. The smallest absolute Gasteiger partial charge is 0.341 e. The maximum absolute atomic E-state index is 14.7. The Morgan fingerprint density at radius 3 is 2.71 bits per heavy atom. The summed E-state index contributed by atoms with van der Waals surface area (Å²) in [5.74, 6) is -1.48. The van der Waals surface area contributed by atoms with Crippen LogP contribution >= 0.6 is 11.6 Å². The molecule has 1 fully saturated rings. The first-order chi connectivity index (χ1) is 16.7. The maximum Gasteiger partial charge on any atom is 0.341 e. The number of rotatable bonds is 8. The molecule has 0 spiro atoms. The lowest BCUT2D eigenvalue weighted by molar-refractivity contribution is 0.0694. The number of aliphatic hydroxyl groups excluding tert-OH is 1. The van der Waals surface area contributed by atoms with Crippen molar-refractivity contribution >= 4 is 28.5 Å². The molecule has 186 valence electrons. The number of carboxylic acids is 1. The van der Waals surface area contributed by atoms with Gasteiger partial charge in [0, 0.05) is 30.6 Å². The summed E-state index contributed by atoms with van der Waals surface area (Å²) in [5, 5.41) is 23.2. The second-order valence-corrected chi connectivity index (χ2v) is 9.58. The fourth-order valence-electron chi connectivity index (χ4n) is 4.51. The molecule has 9 heteroatoms. The Hall–Kier alpha value is -2.94. The van der Waals surface area contributed by atoms with E-state index in [2.05, 4.69) is 5.32 Å². The van der Waals surface area contributed by atoms with Crippen molar-refractivity contribution in [3.05, 3.63) is 74.3 Å². The van der Waals surface area contributed by atoms with Crippen LogP contribution in [0.25, 0.3) is 10.9 Å². The quantitative estimate of drug-likeness (QED) is 0.430. The van der Waals surface area contributed by atoms with E-state index in [0.717, 1.165) is 13.0 Å². The molecule has 0 aliphatic carbocycles. The van der Waals surface area contributed by atoms with E-state index >= 15 is 0 Å². The number of aliphatic hydroxyl groups is 1. The van der Waals surface area contributed by atoms with Crippen LogP contribution in [0, 0.1) is 11.7 Å². The molecule has 3 N–H and O–H groups in total. The number of fused-ring (bicyclic) bond motifs is 1. The molecule has 2 heterocycles. The second kappa shape index (κ2) is 10.4. The van der Waals surface area contributed by atoms with Gasteiger partial charge in [-0.15, -0.1) is 0 Å². The number of aromatic carboxylic acids is 1. The summed E-state index contributed by atoms with van der Waals surface area (Å²) in [5.41, 5.74) is 0.276. The third kappa shape index (κ3) is 5.05. The second-order valence-electron chi connectivity index (χ2n) is 9.18. The molecule has 3 aromatic rings. The SMILES string of the molecule is CC(C)C(CO)n1cc(C(=O)O)c(=O)c2cc(Cc3cccc(Cl)c3F)c(OC3CCNC3)cc21. The van der Waals surface area contributed by atoms with Crippen molar-refractivity contribution in [2.24, 2.45) is 5.92 Å². The predicted octanol–water partition coefficient (Wildman–Crippen LogP) is 4.01. The lowest BCUT2D eigenvalue weighted by Crippen LogP contribution is -2.26. The highest BCUT2D eigenvalue weighted by molar-refractivity contribution is 6.30. The summed E-state index contributed by atoms with van der Waals surface area (Å²) in [4.78, 5) is 25.1. The lowest BCUT2D eigenvalue weighted by Gasteiger charge is -2.26. The molecule has 0 amide bonds. The van der Waals surface area contributed by atoms with Gasteiger partial charge in [-0.2, -0.15) is 0 Å². The molecule has 35 heavy (non-hydrogen) atoms. The molecule has 1 aromatic heterocycles. The Morgan fingerprint density at radius 1 is 1.31 bits per heavy atom. The molecule has 1 aliphatic rings. The summed E-state index contributed by atoms with van der Waals surface area (Å²) >= 11 is 5.98. The van der Waals surface area contributed by atoms with Gasteiger partial charge in [-0.05, 0) is 42.1 Å². The van der Waals surface area contributed by atoms with Crippen LogP contribution in [0.2, 0.25) is 5.02 Å². The van der Waals surface area contributed by atoms with Crippen LogP contribution in [0.3, 0.4) is 0 Å². The Morgan fingerprint density at radius 2 is 2.09 bits per heavy atom. The number of aromatic nitrogens is 1. The van der Waals surface area contributed by atoms with E-state index in [4.69, 9.17) is 16.3 Å². The number of hydrogen-bond acceptors (Lipinski definition) is 5. The van der Waals surface area contributed by atoms with Crippen molar-refractivity contribution in [1.82, 2.24) is 9.88 Å². The maximum atomic E-state index is 14.7. The van der Waals surface area contributed by atoms with Crippen molar-refractivity contribution in [2.75, 3.05) is 19.7 Å². The van der Waals surface area contributed by atoms with E-state index in [1.54, 1.807) is 28.8 Å². The van der Waals surface area contributed by atoms with Gasteiger partial charge in [0.05, 0.1) is 23.2 Å². The first-order valence-corrected chi connectivity index (χ1v) is 11.9. The van der Waals surface area contributed by atoms with Gasteiger partial charge in [-0.3, -0.25) is 4.79 Å². The van der Waals surface area contributed by atoms with Crippen LogP contribution in [0.5, 0.6) is 5.75 Å². The van der Waals surface area contributed by atoms with Crippen molar-refractivity contribution in [3.63, 3.8) is 0 Å².